The van der Waals surface area contributed by atoms with Crippen molar-refractivity contribution in [1.82, 2.24) is 10.2 Å². The van der Waals surface area contributed by atoms with Crippen LogP contribution in [-0.4, -0.2) is 10.2 Å². The molecule has 0 spiro atoms. The van der Waals surface area contributed by atoms with Gasteiger partial charge in [-0.25, -0.2) is 0 Å². The van der Waals surface area contributed by atoms with Gasteiger partial charge in [0.25, 0.3) is 0 Å². The fraction of sp³-hybridized carbons (Fsp3) is 0.312. The van der Waals surface area contributed by atoms with Crippen molar-refractivity contribution in [3.8, 4) is 6.07 Å². The Kier molecular flexibility index (Phi) is 5.13. The third-order valence-electron chi connectivity index (χ3n) is 3.36. The highest BCUT2D eigenvalue weighted by Crippen LogP contribution is 2.22. The van der Waals surface area contributed by atoms with Gasteiger partial charge < -0.3 is 5.32 Å². The average molecular weight is 301 g/mol. The van der Waals surface area contributed by atoms with Gasteiger partial charge in [-0.1, -0.05) is 43.6 Å². The summed E-state index contributed by atoms with van der Waals surface area (Å²) in [6.07, 6.45) is 1.54. The van der Waals surface area contributed by atoms with Crippen LogP contribution < -0.4 is 5.32 Å². The van der Waals surface area contributed by atoms with Crippen LogP contribution >= 0.6 is 11.6 Å². The van der Waals surface area contributed by atoms with Gasteiger partial charge in [0.2, 0.25) is 0 Å². The predicted octanol–water partition coefficient (Wildman–Crippen LogP) is 3.74. The maximum Gasteiger partial charge on any atom is 0.167 e. The summed E-state index contributed by atoms with van der Waals surface area (Å²) in [4.78, 5) is 0. The molecule has 0 amide bonds. The van der Waals surface area contributed by atoms with Crippen LogP contribution in [0, 0.1) is 11.3 Å². The zero-order valence-corrected chi connectivity index (χ0v) is 12.9. The number of aromatic nitrogens is 2. The largest absolute Gasteiger partial charge is 0.363 e. The lowest BCUT2D eigenvalue weighted by Gasteiger charge is -2.12. The Bertz CT molecular complexity index is 676. The number of benzene rings is 1. The van der Waals surface area contributed by atoms with E-state index in [0.29, 0.717) is 22.9 Å². The van der Waals surface area contributed by atoms with Gasteiger partial charge in [0.15, 0.2) is 5.82 Å². The van der Waals surface area contributed by atoms with Gasteiger partial charge in [-0.15, -0.1) is 5.10 Å². The highest BCUT2D eigenvalue weighted by Gasteiger charge is 2.14. The Morgan fingerprint density at radius 2 is 1.95 bits per heavy atom. The first-order valence-electron chi connectivity index (χ1n) is 6.97. The number of hydrogen-bond acceptors (Lipinski definition) is 4. The van der Waals surface area contributed by atoms with Crippen molar-refractivity contribution in [2.75, 3.05) is 5.32 Å². The Morgan fingerprint density at radius 1 is 1.19 bits per heavy atom. The summed E-state index contributed by atoms with van der Waals surface area (Å²) in [5.74, 6) is 0.520. The Morgan fingerprint density at radius 3 is 2.57 bits per heavy atom. The van der Waals surface area contributed by atoms with Crippen LogP contribution in [0.3, 0.4) is 0 Å². The van der Waals surface area contributed by atoms with Gasteiger partial charge in [0, 0.05) is 11.6 Å². The van der Waals surface area contributed by atoms with Gasteiger partial charge in [-0.2, -0.15) is 10.4 Å². The van der Waals surface area contributed by atoms with Crippen LogP contribution in [0.1, 0.15) is 36.2 Å². The molecule has 1 N–H and O–H groups in total. The minimum absolute atomic E-state index is 0.512. The Hall–Kier alpha value is -2.12. The molecule has 1 aromatic carbocycles. The highest BCUT2D eigenvalue weighted by atomic mass is 35.5. The topological polar surface area (TPSA) is 61.6 Å². The standard InChI is InChI=1S/C16H17ClN4/c1-3-12-13(9-18)16(21-20-15(12)4-2)19-10-11-7-5-6-8-14(11)17/h5-8H,3-4,10H2,1-2H3,(H,19,21). The molecule has 1 aromatic heterocycles. The molecule has 108 valence electrons. The lowest BCUT2D eigenvalue weighted by atomic mass is 10.0. The van der Waals surface area contributed by atoms with Crippen molar-refractivity contribution in [3.63, 3.8) is 0 Å². The number of anilines is 1. The third-order valence-corrected chi connectivity index (χ3v) is 3.73. The molecule has 0 aliphatic carbocycles. The number of nitriles is 1. The molecular weight excluding hydrogens is 284 g/mol. The van der Waals surface area contributed by atoms with Gasteiger partial charge in [0.05, 0.1) is 5.69 Å². The molecule has 0 aliphatic heterocycles. The van der Waals surface area contributed by atoms with E-state index in [4.69, 9.17) is 11.6 Å². The first kappa shape index (κ1) is 15.3. The van der Waals surface area contributed by atoms with E-state index in [1.807, 2.05) is 38.1 Å². The van der Waals surface area contributed by atoms with Crippen molar-refractivity contribution in [1.29, 1.82) is 5.26 Å². The van der Waals surface area contributed by atoms with Crippen molar-refractivity contribution in [3.05, 3.63) is 51.7 Å². The first-order valence-corrected chi connectivity index (χ1v) is 7.34. The van der Waals surface area contributed by atoms with E-state index in [-0.39, 0.29) is 0 Å². The summed E-state index contributed by atoms with van der Waals surface area (Å²) in [5, 5.41) is 21.6. The Balaban J connectivity index is 2.29. The Labute approximate surface area is 129 Å². The van der Waals surface area contributed by atoms with E-state index in [0.717, 1.165) is 29.7 Å². The van der Waals surface area contributed by atoms with Crippen LogP contribution in [0.5, 0.6) is 0 Å². The maximum atomic E-state index is 9.42. The van der Waals surface area contributed by atoms with E-state index in [9.17, 15) is 5.26 Å². The molecule has 0 saturated heterocycles. The smallest absolute Gasteiger partial charge is 0.167 e. The fourth-order valence-electron chi connectivity index (χ4n) is 2.24. The zero-order chi connectivity index (χ0) is 15.2. The van der Waals surface area contributed by atoms with E-state index < -0.39 is 0 Å². The number of aryl methyl sites for hydroxylation is 1. The highest BCUT2D eigenvalue weighted by molar-refractivity contribution is 6.31. The number of hydrogen-bond donors (Lipinski definition) is 1. The molecule has 1 heterocycles. The van der Waals surface area contributed by atoms with Gasteiger partial charge in [-0.3, -0.25) is 0 Å². The summed E-state index contributed by atoms with van der Waals surface area (Å²) in [6.45, 7) is 4.55. The molecule has 0 bridgehead atoms. The molecule has 21 heavy (non-hydrogen) atoms. The SMILES string of the molecule is CCc1nnc(NCc2ccccc2Cl)c(C#N)c1CC. The van der Waals surface area contributed by atoms with E-state index in [1.54, 1.807) is 0 Å². The number of nitrogens with one attached hydrogen (secondary N) is 1. The van der Waals surface area contributed by atoms with Gasteiger partial charge in [-0.05, 0) is 30.0 Å². The zero-order valence-electron chi connectivity index (χ0n) is 12.2. The quantitative estimate of drug-likeness (QED) is 0.913. The number of rotatable bonds is 5. The lowest BCUT2D eigenvalue weighted by molar-refractivity contribution is 0.869. The molecule has 0 aliphatic rings. The predicted molar refractivity (Wildman–Crippen MR) is 84.3 cm³/mol. The second-order valence-electron chi connectivity index (χ2n) is 4.61. The normalized spacial score (nSPS) is 10.2. The molecule has 5 heteroatoms. The van der Waals surface area contributed by atoms with Crippen molar-refractivity contribution in [2.24, 2.45) is 0 Å². The summed E-state index contributed by atoms with van der Waals surface area (Å²) < 4.78 is 0. The van der Waals surface area contributed by atoms with Crippen LogP contribution in [0.15, 0.2) is 24.3 Å². The first-order chi connectivity index (χ1) is 10.2. The summed E-state index contributed by atoms with van der Waals surface area (Å²) in [7, 11) is 0. The average Bonchev–Trinajstić information content (AvgIpc) is 2.52. The molecule has 0 saturated carbocycles. The van der Waals surface area contributed by atoms with Crippen molar-refractivity contribution in [2.45, 2.75) is 33.2 Å². The second kappa shape index (κ2) is 7.05. The number of nitrogens with zero attached hydrogens (tertiary/aromatic N) is 3. The van der Waals surface area contributed by atoms with Gasteiger partial charge in [0.1, 0.15) is 11.6 Å². The van der Waals surface area contributed by atoms with Crippen molar-refractivity contribution >= 4 is 17.4 Å². The van der Waals surface area contributed by atoms with Crippen LogP contribution in [0.2, 0.25) is 5.02 Å². The molecule has 2 aromatic rings. The maximum absolute atomic E-state index is 9.42. The molecule has 0 unspecified atom stereocenters. The summed E-state index contributed by atoms with van der Waals surface area (Å²) >= 11 is 6.13. The van der Waals surface area contributed by atoms with Crippen molar-refractivity contribution < 1.29 is 0 Å². The molecule has 4 nitrogen and oxygen atoms in total. The molecule has 0 radical (unpaired) electrons. The molecule has 2 rings (SSSR count). The second-order valence-corrected chi connectivity index (χ2v) is 5.02. The molecule has 0 fully saturated rings. The fourth-order valence-corrected chi connectivity index (χ4v) is 2.44. The van der Waals surface area contributed by atoms with E-state index in [1.165, 1.54) is 0 Å². The molecular formula is C16H17ClN4. The summed E-state index contributed by atoms with van der Waals surface area (Å²) in [6, 6.07) is 9.84. The number of halogens is 1. The van der Waals surface area contributed by atoms with Crippen LogP contribution in [0.4, 0.5) is 5.82 Å². The van der Waals surface area contributed by atoms with Crippen LogP contribution in [0.25, 0.3) is 0 Å². The van der Waals surface area contributed by atoms with E-state index in [2.05, 4.69) is 21.6 Å². The summed E-state index contributed by atoms with van der Waals surface area (Å²) in [5.41, 5.74) is 3.40. The lowest BCUT2D eigenvalue weighted by Crippen LogP contribution is -2.10. The van der Waals surface area contributed by atoms with Crippen LogP contribution in [-0.2, 0) is 19.4 Å². The minimum atomic E-state index is 0.512. The third kappa shape index (κ3) is 3.32. The van der Waals surface area contributed by atoms with E-state index >= 15 is 0 Å². The molecule has 0 atom stereocenters. The monoisotopic (exact) mass is 300 g/mol. The van der Waals surface area contributed by atoms with Gasteiger partial charge >= 0.3 is 0 Å². The minimum Gasteiger partial charge on any atom is -0.363 e.